The molecule has 1 unspecified atom stereocenters. The number of aryl methyl sites for hydroxylation is 2. The highest BCUT2D eigenvalue weighted by molar-refractivity contribution is 8.02. The molecule has 0 radical (unpaired) electrons. The van der Waals surface area contributed by atoms with E-state index in [-0.39, 0.29) is 4.90 Å². The molecule has 5 nitrogen and oxygen atoms in total. The van der Waals surface area contributed by atoms with E-state index in [2.05, 4.69) is 15.4 Å². The Labute approximate surface area is 175 Å². The van der Waals surface area contributed by atoms with Gasteiger partial charge in [0.05, 0.1) is 9.79 Å². The van der Waals surface area contributed by atoms with Crippen molar-refractivity contribution in [3.8, 4) is 0 Å². The minimum Gasteiger partial charge on any atom is -0.228 e. The summed E-state index contributed by atoms with van der Waals surface area (Å²) in [6.07, 6.45) is 3.68. The SMILES string of the molecule is Cc1ccc(S(=O)(=O)N=S(=O)(NC2(C)CCC(C)CC2)c2ccc(C)cc2)cc1. The third-order valence-corrected chi connectivity index (χ3v) is 9.80. The van der Waals surface area contributed by atoms with Crippen molar-refractivity contribution < 1.29 is 12.6 Å². The average Bonchev–Trinajstić information content (AvgIpc) is 2.64. The van der Waals surface area contributed by atoms with Crippen LogP contribution in [0.25, 0.3) is 0 Å². The Morgan fingerprint density at radius 2 is 1.31 bits per heavy atom. The Morgan fingerprint density at radius 1 is 0.862 bits per heavy atom. The lowest BCUT2D eigenvalue weighted by molar-refractivity contribution is 0.246. The van der Waals surface area contributed by atoms with Gasteiger partial charge in [-0.2, -0.15) is 8.42 Å². The second-order valence-corrected chi connectivity index (χ2v) is 12.3. The van der Waals surface area contributed by atoms with Gasteiger partial charge in [-0.15, -0.1) is 0 Å². The highest BCUT2D eigenvalue weighted by atomic mass is 32.3. The van der Waals surface area contributed by atoms with Crippen LogP contribution in [0, 0.1) is 19.8 Å². The van der Waals surface area contributed by atoms with Crippen molar-refractivity contribution in [2.24, 2.45) is 9.69 Å². The van der Waals surface area contributed by atoms with Crippen LogP contribution < -0.4 is 4.72 Å². The largest absolute Gasteiger partial charge is 0.291 e. The van der Waals surface area contributed by atoms with Crippen molar-refractivity contribution in [1.29, 1.82) is 0 Å². The van der Waals surface area contributed by atoms with E-state index in [1.54, 1.807) is 24.3 Å². The van der Waals surface area contributed by atoms with Crippen molar-refractivity contribution in [3.63, 3.8) is 0 Å². The first-order valence-electron chi connectivity index (χ1n) is 9.97. The van der Waals surface area contributed by atoms with E-state index in [0.717, 1.165) is 36.8 Å². The number of hydrogen-bond donors (Lipinski definition) is 1. The van der Waals surface area contributed by atoms with Crippen LogP contribution in [0.15, 0.2) is 62.1 Å². The monoisotopic (exact) mass is 434 g/mol. The van der Waals surface area contributed by atoms with E-state index in [1.165, 1.54) is 12.1 Å². The molecule has 0 aromatic heterocycles. The van der Waals surface area contributed by atoms with Crippen molar-refractivity contribution >= 4 is 19.9 Å². The number of nitrogens with zero attached hydrogens (tertiary/aromatic N) is 1. The third-order valence-electron chi connectivity index (χ3n) is 5.62. The van der Waals surface area contributed by atoms with Gasteiger partial charge in [0.2, 0.25) is 0 Å². The summed E-state index contributed by atoms with van der Waals surface area (Å²) in [5.41, 5.74) is 1.53. The first kappa shape index (κ1) is 22.0. The first-order chi connectivity index (χ1) is 13.5. The summed E-state index contributed by atoms with van der Waals surface area (Å²) in [6, 6.07) is 13.5. The lowest BCUT2D eigenvalue weighted by atomic mass is 9.79. The molecule has 29 heavy (non-hydrogen) atoms. The summed E-state index contributed by atoms with van der Waals surface area (Å²) in [5, 5.41) is 0. The molecular weight excluding hydrogens is 404 g/mol. The maximum atomic E-state index is 14.1. The molecule has 7 heteroatoms. The minimum absolute atomic E-state index is 0.0483. The van der Waals surface area contributed by atoms with Crippen LogP contribution in [0.1, 0.15) is 50.7 Å². The van der Waals surface area contributed by atoms with Gasteiger partial charge in [0.25, 0.3) is 10.0 Å². The van der Waals surface area contributed by atoms with E-state index < -0.39 is 25.5 Å². The summed E-state index contributed by atoms with van der Waals surface area (Å²) in [4.78, 5) is 0.436. The molecule has 1 saturated carbocycles. The number of hydrogen-bond acceptors (Lipinski definition) is 3. The fraction of sp³-hybridized carbons (Fsp3) is 0.455. The van der Waals surface area contributed by atoms with Crippen LogP contribution in [0.2, 0.25) is 0 Å². The van der Waals surface area contributed by atoms with Gasteiger partial charge in [0, 0.05) is 5.54 Å². The molecule has 0 spiro atoms. The standard InChI is InChI=1S/C22H30N2O3S2/c1-17-5-9-20(10-6-17)28(25,23-22(4)15-13-19(3)14-16-22)24-29(26,27)21-11-7-18(2)8-12-21/h5-12,19H,13-16H2,1-4H3,(H,23,24,25). The van der Waals surface area contributed by atoms with Gasteiger partial charge in [-0.05, 0) is 76.6 Å². The van der Waals surface area contributed by atoms with Gasteiger partial charge in [-0.3, -0.25) is 0 Å². The summed E-state index contributed by atoms with van der Waals surface area (Å²) in [5.74, 6) is 0.619. The van der Waals surface area contributed by atoms with E-state index >= 15 is 0 Å². The molecule has 0 saturated heterocycles. The zero-order valence-corrected chi connectivity index (χ0v) is 19.1. The molecule has 1 N–H and O–H groups in total. The predicted octanol–water partition coefficient (Wildman–Crippen LogP) is 4.99. The molecule has 3 rings (SSSR count). The van der Waals surface area contributed by atoms with Crippen molar-refractivity contribution in [2.75, 3.05) is 0 Å². The Morgan fingerprint density at radius 3 is 1.79 bits per heavy atom. The van der Waals surface area contributed by atoms with Crippen LogP contribution >= 0.6 is 0 Å². The fourth-order valence-electron chi connectivity index (χ4n) is 3.57. The van der Waals surface area contributed by atoms with Gasteiger partial charge in [-0.1, -0.05) is 46.1 Å². The lowest BCUT2D eigenvalue weighted by Crippen LogP contribution is -2.48. The Bertz CT molecular complexity index is 1070. The summed E-state index contributed by atoms with van der Waals surface area (Å²) < 4.78 is 47.2. The second-order valence-electron chi connectivity index (χ2n) is 8.55. The minimum atomic E-state index is -4.09. The third kappa shape index (κ3) is 5.27. The maximum absolute atomic E-state index is 14.1. The fourth-order valence-corrected chi connectivity index (χ4v) is 7.49. The van der Waals surface area contributed by atoms with Crippen molar-refractivity contribution in [3.05, 3.63) is 59.7 Å². The molecule has 2 aromatic carbocycles. The number of nitrogens with one attached hydrogen (secondary N) is 1. The molecule has 1 aliphatic rings. The van der Waals surface area contributed by atoms with Crippen LogP contribution in [-0.2, 0) is 19.9 Å². The molecule has 0 amide bonds. The van der Waals surface area contributed by atoms with Crippen molar-refractivity contribution in [2.45, 2.75) is 68.7 Å². The Kier molecular flexibility index (Phi) is 6.22. The number of benzene rings is 2. The second kappa shape index (κ2) is 8.20. The molecule has 0 aliphatic heterocycles. The van der Waals surface area contributed by atoms with E-state index in [4.69, 9.17) is 0 Å². The van der Waals surface area contributed by atoms with Gasteiger partial charge >= 0.3 is 0 Å². The van der Waals surface area contributed by atoms with Gasteiger partial charge < -0.3 is 0 Å². The lowest BCUT2D eigenvalue weighted by Gasteiger charge is -2.37. The quantitative estimate of drug-likeness (QED) is 0.720. The Balaban J connectivity index is 2.10. The molecule has 0 heterocycles. The van der Waals surface area contributed by atoms with Crippen LogP contribution in [0.5, 0.6) is 0 Å². The summed E-state index contributed by atoms with van der Waals surface area (Å²) in [7, 11) is -7.48. The Hall–Kier alpha value is -1.70. The number of sulfonamides is 1. The van der Waals surface area contributed by atoms with Crippen LogP contribution in [-0.4, -0.2) is 18.2 Å². The van der Waals surface area contributed by atoms with Crippen LogP contribution in [0.3, 0.4) is 0 Å². The van der Waals surface area contributed by atoms with Gasteiger partial charge in [0.15, 0.2) is 9.92 Å². The smallest absolute Gasteiger partial charge is 0.228 e. The zero-order valence-electron chi connectivity index (χ0n) is 17.5. The highest BCUT2D eigenvalue weighted by Crippen LogP contribution is 2.33. The molecule has 2 aromatic rings. The average molecular weight is 435 g/mol. The number of rotatable bonds is 5. The van der Waals surface area contributed by atoms with Gasteiger partial charge in [0.1, 0.15) is 0 Å². The van der Waals surface area contributed by atoms with Crippen molar-refractivity contribution in [1.82, 2.24) is 4.72 Å². The first-order valence-corrected chi connectivity index (χ1v) is 12.9. The molecule has 158 valence electrons. The molecular formula is C22H30N2O3S2. The molecule has 0 bridgehead atoms. The molecule has 1 fully saturated rings. The normalized spacial score (nSPS) is 24.6. The predicted molar refractivity (Wildman–Crippen MR) is 118 cm³/mol. The maximum Gasteiger partial charge on any atom is 0.291 e. The van der Waals surface area contributed by atoms with Gasteiger partial charge in [-0.25, -0.2) is 8.93 Å². The van der Waals surface area contributed by atoms with Crippen LogP contribution in [0.4, 0.5) is 0 Å². The van der Waals surface area contributed by atoms with E-state index in [1.807, 2.05) is 32.9 Å². The topological polar surface area (TPSA) is 75.6 Å². The summed E-state index contributed by atoms with van der Waals surface area (Å²) in [6.45, 7) is 8.04. The molecule has 1 atom stereocenters. The molecule has 1 aliphatic carbocycles. The van der Waals surface area contributed by atoms with E-state index in [0.29, 0.717) is 10.8 Å². The zero-order chi connectivity index (χ0) is 21.3. The summed E-state index contributed by atoms with van der Waals surface area (Å²) >= 11 is 0. The van der Waals surface area contributed by atoms with E-state index in [9.17, 15) is 12.6 Å². The highest BCUT2D eigenvalue weighted by Gasteiger charge is 2.34.